The summed E-state index contributed by atoms with van der Waals surface area (Å²) in [5.74, 6) is 0. The van der Waals surface area contributed by atoms with Crippen LogP contribution in [0.3, 0.4) is 0 Å². The highest BCUT2D eigenvalue weighted by molar-refractivity contribution is 6.89. The first-order chi connectivity index (χ1) is 25.0. The van der Waals surface area contributed by atoms with E-state index in [-0.39, 0.29) is 0 Å². The van der Waals surface area contributed by atoms with Crippen LogP contribution in [-0.4, -0.2) is 21.1 Å². The summed E-state index contributed by atoms with van der Waals surface area (Å²) in [6.45, 7) is 16.8. The Hall–Kier alpha value is -5.24. The maximum absolute atomic E-state index is 4.62. The molecule has 0 radical (unpaired) electrons. The molecule has 1 aromatic heterocycles. The monoisotopic (exact) mass is 709 g/mol. The summed E-state index contributed by atoms with van der Waals surface area (Å²) < 4.78 is 0. The number of anilines is 6. The zero-order valence-electron chi connectivity index (χ0n) is 31.4. The van der Waals surface area contributed by atoms with E-state index in [0.29, 0.717) is 0 Å². The summed E-state index contributed by atoms with van der Waals surface area (Å²) in [6, 6.07) is 50.1. The van der Waals surface area contributed by atoms with Crippen LogP contribution in [0.15, 0.2) is 146 Å². The molecule has 0 aliphatic heterocycles. The minimum absolute atomic E-state index is 0.965. The van der Waals surface area contributed by atoms with E-state index >= 15 is 0 Å². The molecule has 0 spiro atoms. The van der Waals surface area contributed by atoms with Crippen LogP contribution in [0.4, 0.5) is 34.1 Å². The van der Waals surface area contributed by atoms with Gasteiger partial charge >= 0.3 is 0 Å². The molecule has 3 nitrogen and oxygen atoms in total. The molecule has 0 atom stereocenters. The number of pyridine rings is 1. The first-order valence-corrected chi connectivity index (χ1v) is 25.5. The summed E-state index contributed by atoms with van der Waals surface area (Å²) in [6.07, 6.45) is 4.82. The van der Waals surface area contributed by atoms with Gasteiger partial charge in [0.05, 0.1) is 39.4 Å². The third kappa shape index (κ3) is 6.08. The molecule has 0 saturated carbocycles. The Morgan fingerprint density at radius 2 is 1.04 bits per heavy atom. The van der Waals surface area contributed by atoms with Crippen LogP contribution in [0.5, 0.6) is 0 Å². The van der Waals surface area contributed by atoms with Gasteiger partial charge in [-0.05, 0) is 88.8 Å². The zero-order chi connectivity index (χ0) is 36.2. The van der Waals surface area contributed by atoms with E-state index in [9.17, 15) is 0 Å². The number of nitrogens with zero attached hydrogens (tertiary/aromatic N) is 3. The van der Waals surface area contributed by atoms with Crippen molar-refractivity contribution in [1.82, 2.24) is 4.98 Å². The minimum atomic E-state index is -1.58. The van der Waals surface area contributed by atoms with E-state index in [4.69, 9.17) is 0 Å². The van der Waals surface area contributed by atoms with Gasteiger partial charge < -0.3 is 9.80 Å². The summed E-state index contributed by atoms with van der Waals surface area (Å²) in [5, 5.41) is 10.5. The molecule has 1 heterocycles. The van der Waals surface area contributed by atoms with Gasteiger partial charge in [0.25, 0.3) is 0 Å². The largest absolute Gasteiger partial charge is 0.310 e. The van der Waals surface area contributed by atoms with Gasteiger partial charge in [0, 0.05) is 39.4 Å². The Bertz CT molecular complexity index is 2520. The van der Waals surface area contributed by atoms with Gasteiger partial charge in [-0.3, -0.25) is 4.98 Å². The van der Waals surface area contributed by atoms with Gasteiger partial charge in [-0.25, -0.2) is 0 Å². The molecule has 8 rings (SSSR count). The Morgan fingerprint density at radius 3 is 1.62 bits per heavy atom. The van der Waals surface area contributed by atoms with Gasteiger partial charge in [-0.2, -0.15) is 0 Å². The summed E-state index contributed by atoms with van der Waals surface area (Å²) in [4.78, 5) is 9.50. The van der Waals surface area contributed by atoms with Crippen LogP contribution in [-0.2, 0) is 6.42 Å². The third-order valence-corrected chi connectivity index (χ3v) is 14.6. The molecule has 0 unspecified atom stereocenters. The molecule has 258 valence electrons. The Kier molecular flexibility index (Phi) is 8.52. The topological polar surface area (TPSA) is 19.4 Å². The predicted octanol–water partition coefficient (Wildman–Crippen LogP) is 12.6. The van der Waals surface area contributed by atoms with E-state index in [1.54, 1.807) is 0 Å². The molecule has 8 aromatic rings. The van der Waals surface area contributed by atoms with Crippen LogP contribution in [0.2, 0.25) is 39.3 Å². The standard InChI is InChI=1S/C47H47N3Si2/c1-8-33-27-34-29-44(49(36-15-10-9-11-16-36)37-22-24-40(25-23-37)51(2,3)4)42-20-13-21-43-45(30-35(28-33)46(34)47(42)43)50(39-18-14-26-48-32-39)38-17-12-19-41(31-38)52(5,6)7/h9-32H,8H2,1-7H3. The van der Waals surface area contributed by atoms with E-state index in [1.165, 1.54) is 59.6 Å². The van der Waals surface area contributed by atoms with Gasteiger partial charge in [0.2, 0.25) is 0 Å². The Balaban J connectivity index is 1.46. The first kappa shape index (κ1) is 33.9. The van der Waals surface area contributed by atoms with Gasteiger partial charge in [0.15, 0.2) is 0 Å². The van der Waals surface area contributed by atoms with Gasteiger partial charge in [0.1, 0.15) is 0 Å². The smallest absolute Gasteiger partial charge is 0.0776 e. The fourth-order valence-electron chi connectivity index (χ4n) is 7.68. The van der Waals surface area contributed by atoms with Crippen molar-refractivity contribution < 1.29 is 0 Å². The number of aryl methyl sites for hydroxylation is 1. The molecule has 0 N–H and O–H groups in total. The second kappa shape index (κ2) is 13.1. The fourth-order valence-corrected chi connectivity index (χ4v) is 10.0. The number of aromatic nitrogens is 1. The highest BCUT2D eigenvalue weighted by Gasteiger charge is 2.25. The number of hydrogen-bond donors (Lipinski definition) is 0. The third-order valence-electron chi connectivity index (χ3n) is 10.5. The second-order valence-electron chi connectivity index (χ2n) is 16.1. The molecule has 0 aliphatic carbocycles. The summed E-state index contributed by atoms with van der Waals surface area (Å²) >= 11 is 0. The SMILES string of the molecule is CCc1cc2cc(N(c3ccccc3)c3ccc([Si](C)(C)C)cc3)c3cccc4c(N(c5cccnc5)c5cccc([Si](C)(C)C)c5)cc(c1)c2c34. The van der Waals surface area contributed by atoms with Crippen LogP contribution in [0.25, 0.3) is 32.3 Å². The Morgan fingerprint density at radius 1 is 0.481 bits per heavy atom. The van der Waals surface area contributed by atoms with E-state index < -0.39 is 16.1 Å². The van der Waals surface area contributed by atoms with E-state index in [2.05, 4.69) is 188 Å². The van der Waals surface area contributed by atoms with Crippen molar-refractivity contribution in [3.8, 4) is 0 Å². The predicted molar refractivity (Wildman–Crippen MR) is 233 cm³/mol. The van der Waals surface area contributed by atoms with Crippen LogP contribution in [0.1, 0.15) is 12.5 Å². The van der Waals surface area contributed by atoms with Crippen LogP contribution < -0.4 is 20.2 Å². The molecule has 0 fully saturated rings. The number of rotatable bonds is 9. The van der Waals surface area contributed by atoms with Gasteiger partial charge in [-0.15, -0.1) is 0 Å². The maximum Gasteiger partial charge on any atom is 0.0776 e. The highest BCUT2D eigenvalue weighted by atomic mass is 28.3. The molecule has 0 amide bonds. The lowest BCUT2D eigenvalue weighted by Crippen LogP contribution is -2.37. The van der Waals surface area contributed by atoms with Crippen LogP contribution in [0, 0.1) is 0 Å². The zero-order valence-corrected chi connectivity index (χ0v) is 33.4. The van der Waals surface area contributed by atoms with E-state index in [0.717, 1.165) is 29.2 Å². The lowest BCUT2D eigenvalue weighted by atomic mass is 9.89. The Labute approximate surface area is 310 Å². The average Bonchev–Trinajstić information content (AvgIpc) is 3.15. The van der Waals surface area contributed by atoms with Crippen molar-refractivity contribution in [1.29, 1.82) is 0 Å². The minimum Gasteiger partial charge on any atom is -0.310 e. The van der Waals surface area contributed by atoms with Crippen molar-refractivity contribution in [2.45, 2.75) is 52.6 Å². The molecule has 5 heteroatoms. The number of benzene rings is 7. The highest BCUT2D eigenvalue weighted by Crippen LogP contribution is 2.49. The molecule has 52 heavy (non-hydrogen) atoms. The van der Waals surface area contributed by atoms with Gasteiger partial charge in [-0.1, -0.05) is 129 Å². The first-order valence-electron chi connectivity index (χ1n) is 18.5. The quantitative estimate of drug-likeness (QED) is 0.110. The summed E-state index contributed by atoms with van der Waals surface area (Å²) in [7, 11) is -3.05. The number of hydrogen-bond acceptors (Lipinski definition) is 3. The van der Waals surface area contributed by atoms with Crippen LogP contribution >= 0.6 is 0 Å². The second-order valence-corrected chi connectivity index (χ2v) is 26.3. The maximum atomic E-state index is 4.62. The average molecular weight is 710 g/mol. The number of para-hydroxylation sites is 1. The molecule has 0 saturated heterocycles. The molecule has 0 bridgehead atoms. The van der Waals surface area contributed by atoms with Crippen molar-refractivity contribution >= 4 is 93.0 Å². The fraction of sp³-hybridized carbons (Fsp3) is 0.170. The van der Waals surface area contributed by atoms with Crippen molar-refractivity contribution in [3.63, 3.8) is 0 Å². The van der Waals surface area contributed by atoms with Crippen molar-refractivity contribution in [2.24, 2.45) is 0 Å². The lowest BCUT2D eigenvalue weighted by Gasteiger charge is -2.31. The lowest BCUT2D eigenvalue weighted by molar-refractivity contribution is 1.15. The normalized spacial score (nSPS) is 12.2. The molecule has 0 aliphatic rings. The van der Waals surface area contributed by atoms with Crippen molar-refractivity contribution in [3.05, 3.63) is 151 Å². The molecule has 7 aromatic carbocycles. The van der Waals surface area contributed by atoms with E-state index in [1.807, 2.05) is 18.5 Å². The summed E-state index contributed by atoms with van der Waals surface area (Å²) in [5.41, 5.74) is 8.21. The van der Waals surface area contributed by atoms with Crippen molar-refractivity contribution in [2.75, 3.05) is 9.80 Å². The molecular formula is C47H47N3Si2. The molecular weight excluding hydrogens is 663 g/mol.